The van der Waals surface area contributed by atoms with Crippen molar-refractivity contribution in [3.63, 3.8) is 0 Å². The summed E-state index contributed by atoms with van der Waals surface area (Å²) in [5, 5.41) is 0. The molecule has 1 N–H and O–H groups in total. The molecule has 0 spiro atoms. The standard InChI is InChI=1S/C21H47OP/c1-4-6-8-10-12-14-16-18-20-23(3,22)21-19-17-15-13-11-9-7-5-2/h22-23H,4-21H2,1-3H3. The van der Waals surface area contributed by atoms with Crippen molar-refractivity contribution in [3.8, 4) is 0 Å². The molecule has 0 aliphatic rings. The Morgan fingerprint density at radius 3 is 1.04 bits per heavy atom. The van der Waals surface area contributed by atoms with Crippen LogP contribution in [0.1, 0.15) is 117 Å². The van der Waals surface area contributed by atoms with Gasteiger partial charge in [0.25, 0.3) is 0 Å². The fraction of sp³-hybridized carbons (Fsp3) is 1.00. The van der Waals surface area contributed by atoms with Crippen molar-refractivity contribution in [2.75, 3.05) is 19.0 Å². The van der Waals surface area contributed by atoms with Crippen molar-refractivity contribution in [1.82, 2.24) is 0 Å². The Morgan fingerprint density at radius 2 is 0.739 bits per heavy atom. The normalized spacial score (nSPS) is 12.7. The molecule has 0 rings (SSSR count). The summed E-state index contributed by atoms with van der Waals surface area (Å²) in [5.41, 5.74) is 0. The van der Waals surface area contributed by atoms with E-state index in [2.05, 4.69) is 20.5 Å². The van der Waals surface area contributed by atoms with E-state index in [1.807, 2.05) is 0 Å². The zero-order valence-electron chi connectivity index (χ0n) is 16.7. The zero-order valence-corrected chi connectivity index (χ0v) is 17.7. The molecule has 1 nitrogen and oxygen atoms in total. The molecule has 0 aromatic carbocycles. The first-order valence-corrected chi connectivity index (χ1v) is 13.7. The van der Waals surface area contributed by atoms with Crippen LogP contribution in [0.3, 0.4) is 0 Å². The van der Waals surface area contributed by atoms with E-state index in [0.29, 0.717) is 0 Å². The minimum absolute atomic E-state index is 1.14. The maximum atomic E-state index is 10.6. The molecule has 142 valence electrons. The molecular formula is C21H47OP. The predicted molar refractivity (Wildman–Crippen MR) is 111 cm³/mol. The fourth-order valence-corrected chi connectivity index (χ4v) is 5.68. The first-order chi connectivity index (χ1) is 11.1. The van der Waals surface area contributed by atoms with Crippen LogP contribution < -0.4 is 0 Å². The van der Waals surface area contributed by atoms with Crippen LogP contribution in [0.25, 0.3) is 0 Å². The van der Waals surface area contributed by atoms with Gasteiger partial charge in [-0.25, -0.2) is 0 Å². The van der Waals surface area contributed by atoms with Crippen LogP contribution in [0.15, 0.2) is 0 Å². The second-order valence-electron chi connectivity index (χ2n) is 7.95. The van der Waals surface area contributed by atoms with E-state index in [4.69, 9.17) is 0 Å². The first kappa shape index (κ1) is 23.4. The topological polar surface area (TPSA) is 20.2 Å². The Kier molecular flexibility index (Phi) is 17.5. The van der Waals surface area contributed by atoms with Crippen molar-refractivity contribution in [2.24, 2.45) is 0 Å². The van der Waals surface area contributed by atoms with Crippen LogP contribution in [0.4, 0.5) is 0 Å². The monoisotopic (exact) mass is 346 g/mol. The van der Waals surface area contributed by atoms with Gasteiger partial charge in [-0.05, 0) is 0 Å². The van der Waals surface area contributed by atoms with Crippen molar-refractivity contribution in [2.45, 2.75) is 117 Å². The molecule has 0 unspecified atom stereocenters. The van der Waals surface area contributed by atoms with Gasteiger partial charge < -0.3 is 0 Å². The van der Waals surface area contributed by atoms with Gasteiger partial charge in [-0.2, -0.15) is 0 Å². The van der Waals surface area contributed by atoms with Crippen LogP contribution >= 0.6 is 7.49 Å². The molecule has 0 saturated heterocycles. The molecule has 2 heteroatoms. The molecule has 0 radical (unpaired) electrons. The van der Waals surface area contributed by atoms with E-state index in [1.165, 1.54) is 103 Å². The predicted octanol–water partition coefficient (Wildman–Crippen LogP) is 7.55. The zero-order chi connectivity index (χ0) is 17.2. The first-order valence-electron chi connectivity index (χ1n) is 10.8. The quantitative estimate of drug-likeness (QED) is 0.200. The summed E-state index contributed by atoms with van der Waals surface area (Å²) in [4.78, 5) is 10.6. The number of hydrogen-bond donors (Lipinski definition) is 1. The summed E-state index contributed by atoms with van der Waals surface area (Å²) in [6.07, 6.45) is 24.2. The Labute approximate surface area is 148 Å². The summed E-state index contributed by atoms with van der Waals surface area (Å²) in [5.74, 6) is 0. The van der Waals surface area contributed by atoms with Gasteiger partial charge in [0.2, 0.25) is 0 Å². The van der Waals surface area contributed by atoms with E-state index in [1.54, 1.807) is 0 Å². The Morgan fingerprint density at radius 1 is 0.478 bits per heavy atom. The molecule has 0 fully saturated rings. The van der Waals surface area contributed by atoms with Gasteiger partial charge in [-0.3, -0.25) is 0 Å². The van der Waals surface area contributed by atoms with Crippen LogP contribution in [0.2, 0.25) is 0 Å². The van der Waals surface area contributed by atoms with Crippen LogP contribution in [-0.4, -0.2) is 23.9 Å². The van der Waals surface area contributed by atoms with E-state index in [-0.39, 0.29) is 0 Å². The van der Waals surface area contributed by atoms with Crippen molar-refractivity contribution in [1.29, 1.82) is 0 Å². The van der Waals surface area contributed by atoms with Gasteiger partial charge in [0.1, 0.15) is 0 Å². The van der Waals surface area contributed by atoms with E-state index in [9.17, 15) is 4.89 Å². The minimum atomic E-state index is -1.87. The van der Waals surface area contributed by atoms with Crippen LogP contribution in [0, 0.1) is 0 Å². The van der Waals surface area contributed by atoms with Gasteiger partial charge in [-0.15, -0.1) is 0 Å². The number of unbranched alkanes of at least 4 members (excludes halogenated alkanes) is 14. The second kappa shape index (κ2) is 17.2. The summed E-state index contributed by atoms with van der Waals surface area (Å²) in [6, 6.07) is 0. The molecule has 0 aromatic heterocycles. The molecule has 0 bridgehead atoms. The van der Waals surface area contributed by atoms with Gasteiger partial charge >= 0.3 is 148 Å². The van der Waals surface area contributed by atoms with Crippen LogP contribution in [-0.2, 0) is 0 Å². The summed E-state index contributed by atoms with van der Waals surface area (Å²) < 4.78 is 0. The van der Waals surface area contributed by atoms with Gasteiger partial charge in [0.05, 0.1) is 0 Å². The maximum absolute atomic E-state index is 10.6. The molecular weight excluding hydrogens is 299 g/mol. The van der Waals surface area contributed by atoms with E-state index >= 15 is 0 Å². The van der Waals surface area contributed by atoms with Gasteiger partial charge in [-0.1, -0.05) is 0 Å². The Hall–Kier alpha value is 0.390. The van der Waals surface area contributed by atoms with Crippen molar-refractivity contribution < 1.29 is 4.89 Å². The number of rotatable bonds is 18. The molecule has 0 atom stereocenters. The molecule has 0 amide bonds. The van der Waals surface area contributed by atoms with E-state index < -0.39 is 7.49 Å². The van der Waals surface area contributed by atoms with E-state index in [0.717, 1.165) is 12.3 Å². The number of hydrogen-bond acceptors (Lipinski definition) is 1. The van der Waals surface area contributed by atoms with Crippen molar-refractivity contribution in [3.05, 3.63) is 0 Å². The molecule has 0 aliphatic carbocycles. The third-order valence-electron chi connectivity index (χ3n) is 5.14. The average molecular weight is 347 g/mol. The summed E-state index contributed by atoms with van der Waals surface area (Å²) in [6.45, 7) is 6.74. The molecule has 0 heterocycles. The Balaban J connectivity index is 3.33. The third-order valence-corrected chi connectivity index (χ3v) is 8.00. The summed E-state index contributed by atoms with van der Waals surface area (Å²) >= 11 is 0. The summed E-state index contributed by atoms with van der Waals surface area (Å²) in [7, 11) is -1.87. The second-order valence-corrected chi connectivity index (χ2v) is 11.9. The molecule has 0 aromatic rings. The fourth-order valence-electron chi connectivity index (χ4n) is 3.40. The average Bonchev–Trinajstić information content (AvgIpc) is 2.52. The molecule has 0 aliphatic heterocycles. The SMILES string of the molecule is CCCCCCCCCC[PH](C)(O)CCCCCCCCCC. The van der Waals surface area contributed by atoms with Crippen molar-refractivity contribution >= 4 is 7.49 Å². The third kappa shape index (κ3) is 18.6. The molecule has 0 saturated carbocycles. The van der Waals surface area contributed by atoms with Gasteiger partial charge in [0.15, 0.2) is 0 Å². The van der Waals surface area contributed by atoms with Gasteiger partial charge in [0, 0.05) is 0 Å². The van der Waals surface area contributed by atoms with Crippen LogP contribution in [0.5, 0.6) is 0 Å². The molecule has 23 heavy (non-hydrogen) atoms. The Bertz CT molecular complexity index is 206.